The van der Waals surface area contributed by atoms with Crippen LogP contribution >= 0.6 is 0 Å². The molecule has 0 aliphatic carbocycles. The van der Waals surface area contributed by atoms with Crippen LogP contribution in [-0.4, -0.2) is 7.11 Å². The lowest BCUT2D eigenvalue weighted by atomic mass is 10.1. The molecule has 0 aliphatic rings. The Morgan fingerprint density at radius 2 is 1.95 bits per heavy atom. The standard InChI is InChI=1S/C15H13FN2O/c1-10-7-12(16)4-6-14(10)18-15-8-13(19-2)5-3-11(15)9-17/h3-8,18H,1-2H3. The summed E-state index contributed by atoms with van der Waals surface area (Å²) < 4.78 is 18.2. The number of nitrogens with zero attached hydrogens (tertiary/aromatic N) is 1. The zero-order valence-electron chi connectivity index (χ0n) is 10.7. The van der Waals surface area contributed by atoms with Gasteiger partial charge in [-0.15, -0.1) is 0 Å². The Bertz CT molecular complexity index is 647. The van der Waals surface area contributed by atoms with E-state index in [-0.39, 0.29) is 5.82 Å². The number of rotatable bonds is 3. The van der Waals surface area contributed by atoms with Crippen molar-refractivity contribution in [1.29, 1.82) is 5.26 Å². The first kappa shape index (κ1) is 12.9. The molecule has 96 valence electrons. The fourth-order valence-electron chi connectivity index (χ4n) is 1.76. The van der Waals surface area contributed by atoms with Gasteiger partial charge in [0.25, 0.3) is 0 Å². The van der Waals surface area contributed by atoms with E-state index >= 15 is 0 Å². The van der Waals surface area contributed by atoms with Crippen molar-refractivity contribution >= 4 is 11.4 Å². The highest BCUT2D eigenvalue weighted by Crippen LogP contribution is 2.27. The summed E-state index contributed by atoms with van der Waals surface area (Å²) >= 11 is 0. The summed E-state index contributed by atoms with van der Waals surface area (Å²) in [6, 6.07) is 11.7. The van der Waals surface area contributed by atoms with Gasteiger partial charge in [-0.3, -0.25) is 0 Å². The summed E-state index contributed by atoms with van der Waals surface area (Å²) in [5, 5.41) is 12.2. The number of benzene rings is 2. The Labute approximate surface area is 111 Å². The second-order valence-corrected chi connectivity index (χ2v) is 4.11. The molecule has 0 bridgehead atoms. The van der Waals surface area contributed by atoms with Gasteiger partial charge in [-0.05, 0) is 42.8 Å². The van der Waals surface area contributed by atoms with Crippen LogP contribution in [0.4, 0.5) is 15.8 Å². The van der Waals surface area contributed by atoms with Gasteiger partial charge in [0.2, 0.25) is 0 Å². The van der Waals surface area contributed by atoms with Crippen molar-refractivity contribution < 1.29 is 9.13 Å². The minimum atomic E-state index is -0.283. The molecule has 19 heavy (non-hydrogen) atoms. The quantitative estimate of drug-likeness (QED) is 0.909. The van der Waals surface area contributed by atoms with Crippen molar-refractivity contribution in [2.24, 2.45) is 0 Å². The third-order valence-electron chi connectivity index (χ3n) is 2.80. The number of hydrogen-bond donors (Lipinski definition) is 1. The predicted molar refractivity (Wildman–Crippen MR) is 72.1 cm³/mol. The maximum atomic E-state index is 13.1. The molecule has 0 atom stereocenters. The second-order valence-electron chi connectivity index (χ2n) is 4.11. The lowest BCUT2D eigenvalue weighted by Gasteiger charge is -2.12. The fourth-order valence-corrected chi connectivity index (χ4v) is 1.76. The van der Waals surface area contributed by atoms with E-state index < -0.39 is 0 Å². The number of methoxy groups -OCH3 is 1. The van der Waals surface area contributed by atoms with E-state index in [1.165, 1.54) is 12.1 Å². The highest BCUT2D eigenvalue weighted by molar-refractivity contribution is 5.69. The van der Waals surface area contributed by atoms with Gasteiger partial charge >= 0.3 is 0 Å². The Hall–Kier alpha value is -2.54. The smallest absolute Gasteiger partial charge is 0.123 e. The number of ether oxygens (including phenoxy) is 1. The summed E-state index contributed by atoms with van der Waals surface area (Å²) in [5.41, 5.74) is 2.67. The third kappa shape index (κ3) is 2.83. The molecular weight excluding hydrogens is 243 g/mol. The van der Waals surface area contributed by atoms with Crippen LogP contribution in [0.15, 0.2) is 36.4 Å². The monoisotopic (exact) mass is 256 g/mol. The molecule has 0 saturated heterocycles. The van der Waals surface area contributed by atoms with Gasteiger partial charge < -0.3 is 10.1 Å². The number of aryl methyl sites for hydroxylation is 1. The molecule has 1 N–H and O–H groups in total. The molecule has 0 saturated carbocycles. The van der Waals surface area contributed by atoms with Gasteiger partial charge in [0.15, 0.2) is 0 Å². The summed E-state index contributed by atoms with van der Waals surface area (Å²) in [4.78, 5) is 0. The molecule has 2 rings (SSSR count). The number of halogens is 1. The zero-order chi connectivity index (χ0) is 13.8. The molecule has 0 radical (unpaired) electrons. The van der Waals surface area contributed by atoms with E-state index in [4.69, 9.17) is 10.00 Å². The second kappa shape index (κ2) is 5.40. The summed E-state index contributed by atoms with van der Waals surface area (Å²) in [6.07, 6.45) is 0. The van der Waals surface area contributed by atoms with Gasteiger partial charge in [-0.2, -0.15) is 5.26 Å². The Morgan fingerprint density at radius 3 is 2.58 bits per heavy atom. The molecule has 0 amide bonds. The maximum Gasteiger partial charge on any atom is 0.123 e. The summed E-state index contributed by atoms with van der Waals surface area (Å²) in [6.45, 7) is 1.80. The summed E-state index contributed by atoms with van der Waals surface area (Å²) in [7, 11) is 1.56. The van der Waals surface area contributed by atoms with Crippen LogP contribution in [0, 0.1) is 24.1 Å². The number of hydrogen-bond acceptors (Lipinski definition) is 3. The molecule has 0 spiro atoms. The molecule has 4 heteroatoms. The minimum Gasteiger partial charge on any atom is -0.497 e. The van der Waals surface area contributed by atoms with Crippen LogP contribution in [0.25, 0.3) is 0 Å². The van der Waals surface area contributed by atoms with Gasteiger partial charge in [0.1, 0.15) is 17.6 Å². The van der Waals surface area contributed by atoms with E-state index in [1.807, 2.05) is 0 Å². The normalized spacial score (nSPS) is 9.79. The highest BCUT2D eigenvalue weighted by Gasteiger charge is 2.06. The van der Waals surface area contributed by atoms with Crippen molar-refractivity contribution in [2.75, 3.05) is 12.4 Å². The summed E-state index contributed by atoms with van der Waals surface area (Å²) in [5.74, 6) is 0.371. The molecule has 0 aliphatic heterocycles. The van der Waals surface area contributed by atoms with Crippen LogP contribution in [0.5, 0.6) is 5.75 Å². The number of nitriles is 1. The Morgan fingerprint density at radius 1 is 1.16 bits per heavy atom. The third-order valence-corrected chi connectivity index (χ3v) is 2.80. The Kier molecular flexibility index (Phi) is 3.67. The number of anilines is 2. The van der Waals surface area contributed by atoms with Crippen molar-refractivity contribution in [3.8, 4) is 11.8 Å². The van der Waals surface area contributed by atoms with Crippen LogP contribution in [0.1, 0.15) is 11.1 Å². The average molecular weight is 256 g/mol. The zero-order valence-corrected chi connectivity index (χ0v) is 10.7. The minimum absolute atomic E-state index is 0.283. The van der Waals surface area contributed by atoms with E-state index in [0.29, 0.717) is 17.0 Å². The van der Waals surface area contributed by atoms with Crippen LogP contribution < -0.4 is 10.1 Å². The first-order chi connectivity index (χ1) is 9.13. The van der Waals surface area contributed by atoms with Crippen molar-refractivity contribution in [3.63, 3.8) is 0 Å². The lowest BCUT2D eigenvalue weighted by Crippen LogP contribution is -1.97. The van der Waals surface area contributed by atoms with Crippen molar-refractivity contribution in [3.05, 3.63) is 53.3 Å². The first-order valence-electron chi connectivity index (χ1n) is 5.75. The highest BCUT2D eigenvalue weighted by atomic mass is 19.1. The SMILES string of the molecule is COc1ccc(C#N)c(Nc2ccc(F)cc2C)c1. The van der Waals surface area contributed by atoms with Gasteiger partial charge in [-0.25, -0.2) is 4.39 Å². The van der Waals surface area contributed by atoms with E-state index in [1.54, 1.807) is 38.3 Å². The van der Waals surface area contributed by atoms with Crippen molar-refractivity contribution in [2.45, 2.75) is 6.92 Å². The van der Waals surface area contributed by atoms with Gasteiger partial charge in [0.05, 0.1) is 18.4 Å². The van der Waals surface area contributed by atoms with Crippen LogP contribution in [-0.2, 0) is 0 Å². The molecule has 2 aromatic rings. The first-order valence-corrected chi connectivity index (χ1v) is 5.75. The number of nitrogens with one attached hydrogen (secondary N) is 1. The predicted octanol–water partition coefficient (Wildman–Crippen LogP) is 3.76. The van der Waals surface area contributed by atoms with Crippen LogP contribution in [0.3, 0.4) is 0 Å². The topological polar surface area (TPSA) is 45.0 Å². The maximum absolute atomic E-state index is 13.1. The lowest BCUT2D eigenvalue weighted by molar-refractivity contribution is 0.415. The van der Waals surface area contributed by atoms with Gasteiger partial charge in [0, 0.05) is 11.8 Å². The van der Waals surface area contributed by atoms with E-state index in [2.05, 4.69) is 11.4 Å². The molecule has 0 heterocycles. The largest absolute Gasteiger partial charge is 0.497 e. The molecule has 0 aromatic heterocycles. The molecule has 0 unspecified atom stereocenters. The van der Waals surface area contributed by atoms with E-state index in [9.17, 15) is 4.39 Å². The average Bonchev–Trinajstić information content (AvgIpc) is 2.41. The molecule has 0 fully saturated rings. The molecule has 3 nitrogen and oxygen atoms in total. The van der Waals surface area contributed by atoms with Gasteiger partial charge in [-0.1, -0.05) is 0 Å². The molecule has 2 aromatic carbocycles. The Balaban J connectivity index is 2.39. The van der Waals surface area contributed by atoms with Crippen LogP contribution in [0.2, 0.25) is 0 Å². The van der Waals surface area contributed by atoms with Crippen molar-refractivity contribution in [1.82, 2.24) is 0 Å². The fraction of sp³-hybridized carbons (Fsp3) is 0.133. The van der Waals surface area contributed by atoms with E-state index in [0.717, 1.165) is 11.3 Å². The molecular formula is C15H13FN2O.